The molecule has 0 radical (unpaired) electrons. The van der Waals surface area contributed by atoms with Crippen LogP contribution in [0.15, 0.2) is 18.2 Å². The summed E-state index contributed by atoms with van der Waals surface area (Å²) in [6.07, 6.45) is 5.26. The third kappa shape index (κ3) is 3.64. The Bertz CT molecular complexity index is 388. The molecule has 2 N–H and O–H groups in total. The Morgan fingerprint density at radius 2 is 2.22 bits per heavy atom. The summed E-state index contributed by atoms with van der Waals surface area (Å²) in [4.78, 5) is 0. The predicted octanol–water partition coefficient (Wildman–Crippen LogP) is 3.07. The van der Waals surface area contributed by atoms with Crippen LogP contribution in [-0.2, 0) is 6.54 Å². The van der Waals surface area contributed by atoms with Gasteiger partial charge in [-0.1, -0.05) is 25.8 Å². The Hall–Kier alpha value is -1.22. The normalized spacial score (nSPS) is 16.6. The molecule has 0 amide bonds. The fraction of sp³-hybridized carbons (Fsp3) is 0.600. The summed E-state index contributed by atoms with van der Waals surface area (Å²) in [5, 5.41) is 13.3. The number of phenolic OH excluding ortho intramolecular Hbond substituents is 1. The van der Waals surface area contributed by atoms with Crippen LogP contribution in [0.1, 0.15) is 38.2 Å². The molecule has 3 heteroatoms. The molecule has 1 aromatic rings. The highest BCUT2D eigenvalue weighted by atomic mass is 16.5. The minimum atomic E-state index is 0.215. The number of phenols is 1. The lowest BCUT2D eigenvalue weighted by molar-refractivity contribution is 0.372. The van der Waals surface area contributed by atoms with E-state index in [1.807, 2.05) is 12.1 Å². The van der Waals surface area contributed by atoms with Crippen molar-refractivity contribution in [1.82, 2.24) is 5.32 Å². The molecule has 18 heavy (non-hydrogen) atoms. The molecular weight excluding hydrogens is 226 g/mol. The minimum absolute atomic E-state index is 0.215. The van der Waals surface area contributed by atoms with Crippen LogP contribution in [0.3, 0.4) is 0 Å². The summed E-state index contributed by atoms with van der Waals surface area (Å²) in [6, 6.07) is 6.18. The van der Waals surface area contributed by atoms with E-state index in [9.17, 15) is 5.11 Å². The molecule has 3 nitrogen and oxygen atoms in total. The molecule has 0 aromatic heterocycles. The van der Waals surface area contributed by atoms with Crippen LogP contribution in [0.5, 0.6) is 11.5 Å². The number of benzene rings is 1. The average molecular weight is 249 g/mol. The molecule has 0 aliphatic heterocycles. The Kier molecular flexibility index (Phi) is 4.48. The van der Waals surface area contributed by atoms with Crippen molar-refractivity contribution in [3.05, 3.63) is 23.8 Å². The van der Waals surface area contributed by atoms with E-state index in [0.29, 0.717) is 11.8 Å². The van der Waals surface area contributed by atoms with Crippen LogP contribution in [0, 0.1) is 5.92 Å². The second kappa shape index (κ2) is 6.10. The van der Waals surface area contributed by atoms with E-state index in [1.54, 1.807) is 13.2 Å². The summed E-state index contributed by atoms with van der Waals surface area (Å²) >= 11 is 0. The van der Waals surface area contributed by atoms with Crippen LogP contribution in [0.2, 0.25) is 0 Å². The molecule has 2 rings (SSSR count). The van der Waals surface area contributed by atoms with Crippen molar-refractivity contribution < 1.29 is 9.84 Å². The molecule has 1 unspecified atom stereocenters. The van der Waals surface area contributed by atoms with E-state index in [4.69, 9.17) is 4.74 Å². The zero-order chi connectivity index (χ0) is 13.0. The first kappa shape index (κ1) is 13.2. The summed E-state index contributed by atoms with van der Waals surface area (Å²) < 4.78 is 5.04. The van der Waals surface area contributed by atoms with Gasteiger partial charge < -0.3 is 15.2 Å². The molecule has 0 heterocycles. The van der Waals surface area contributed by atoms with Gasteiger partial charge in [0.1, 0.15) is 0 Å². The maximum Gasteiger partial charge on any atom is 0.160 e. The van der Waals surface area contributed by atoms with Gasteiger partial charge in [-0.15, -0.1) is 0 Å². The van der Waals surface area contributed by atoms with Crippen LogP contribution < -0.4 is 10.1 Å². The van der Waals surface area contributed by atoms with Crippen molar-refractivity contribution in [2.45, 2.75) is 45.2 Å². The largest absolute Gasteiger partial charge is 0.504 e. The van der Waals surface area contributed by atoms with Crippen LogP contribution in [0.25, 0.3) is 0 Å². The molecule has 1 fully saturated rings. The first-order chi connectivity index (χ1) is 8.72. The lowest BCUT2D eigenvalue weighted by Gasteiger charge is -2.17. The van der Waals surface area contributed by atoms with Gasteiger partial charge in [0, 0.05) is 12.6 Å². The lowest BCUT2D eigenvalue weighted by atomic mass is 10.1. The maximum atomic E-state index is 9.72. The van der Waals surface area contributed by atoms with E-state index >= 15 is 0 Å². The van der Waals surface area contributed by atoms with Gasteiger partial charge in [0.2, 0.25) is 0 Å². The Morgan fingerprint density at radius 1 is 1.44 bits per heavy atom. The van der Waals surface area contributed by atoms with Gasteiger partial charge in [-0.3, -0.25) is 0 Å². The maximum absolute atomic E-state index is 9.72. The van der Waals surface area contributed by atoms with Gasteiger partial charge in [-0.2, -0.15) is 0 Å². The number of nitrogens with one attached hydrogen (secondary N) is 1. The number of ether oxygens (including phenoxy) is 1. The van der Waals surface area contributed by atoms with Gasteiger partial charge in [0.25, 0.3) is 0 Å². The molecular formula is C15H23NO2. The number of hydrogen-bond acceptors (Lipinski definition) is 3. The van der Waals surface area contributed by atoms with E-state index in [0.717, 1.165) is 18.0 Å². The number of hydrogen-bond donors (Lipinski definition) is 2. The molecule has 0 bridgehead atoms. The molecule has 1 aromatic carbocycles. The van der Waals surface area contributed by atoms with Crippen molar-refractivity contribution in [1.29, 1.82) is 0 Å². The quantitative estimate of drug-likeness (QED) is 0.780. The minimum Gasteiger partial charge on any atom is -0.504 e. The number of rotatable bonds is 7. The van der Waals surface area contributed by atoms with Crippen molar-refractivity contribution in [2.24, 2.45) is 5.92 Å². The fourth-order valence-electron chi connectivity index (χ4n) is 2.26. The standard InChI is InChI=1S/C15H23NO2/c1-3-13(8-11-4-5-11)16-10-12-6-7-15(18-2)14(17)9-12/h6-7,9,11,13,16-17H,3-5,8,10H2,1-2H3. The highest BCUT2D eigenvalue weighted by Gasteiger charge is 2.24. The third-order valence-electron chi connectivity index (χ3n) is 3.65. The van der Waals surface area contributed by atoms with E-state index in [1.165, 1.54) is 25.7 Å². The third-order valence-corrected chi connectivity index (χ3v) is 3.65. The van der Waals surface area contributed by atoms with Crippen LogP contribution >= 0.6 is 0 Å². The number of aromatic hydroxyl groups is 1. The molecule has 100 valence electrons. The SMILES string of the molecule is CCC(CC1CC1)NCc1ccc(OC)c(O)c1. The molecule has 1 aliphatic carbocycles. The molecule has 1 aliphatic rings. The first-order valence-corrected chi connectivity index (χ1v) is 6.82. The topological polar surface area (TPSA) is 41.5 Å². The van der Waals surface area contributed by atoms with Crippen LogP contribution in [0.4, 0.5) is 0 Å². The highest BCUT2D eigenvalue weighted by Crippen LogP contribution is 2.34. The molecule has 0 saturated heterocycles. The van der Waals surface area contributed by atoms with Crippen LogP contribution in [-0.4, -0.2) is 18.3 Å². The lowest BCUT2D eigenvalue weighted by Crippen LogP contribution is -2.28. The van der Waals surface area contributed by atoms with E-state index < -0.39 is 0 Å². The smallest absolute Gasteiger partial charge is 0.160 e. The van der Waals surface area contributed by atoms with Crippen molar-refractivity contribution in [3.63, 3.8) is 0 Å². The Balaban J connectivity index is 1.86. The van der Waals surface area contributed by atoms with Crippen molar-refractivity contribution >= 4 is 0 Å². The molecule has 0 spiro atoms. The zero-order valence-electron chi connectivity index (χ0n) is 11.3. The summed E-state index contributed by atoms with van der Waals surface area (Å²) in [5.41, 5.74) is 1.10. The van der Waals surface area contributed by atoms with E-state index in [-0.39, 0.29) is 5.75 Å². The van der Waals surface area contributed by atoms with Gasteiger partial charge >= 0.3 is 0 Å². The Labute approximate surface area is 109 Å². The summed E-state index contributed by atoms with van der Waals surface area (Å²) in [6.45, 7) is 3.04. The average Bonchev–Trinajstić information content (AvgIpc) is 3.18. The molecule has 1 atom stereocenters. The monoisotopic (exact) mass is 249 g/mol. The van der Waals surface area contributed by atoms with Gasteiger partial charge in [0.05, 0.1) is 7.11 Å². The van der Waals surface area contributed by atoms with Gasteiger partial charge in [-0.05, 0) is 36.5 Å². The number of methoxy groups -OCH3 is 1. The summed E-state index contributed by atoms with van der Waals surface area (Å²) in [7, 11) is 1.57. The van der Waals surface area contributed by atoms with Gasteiger partial charge in [-0.25, -0.2) is 0 Å². The highest BCUT2D eigenvalue weighted by molar-refractivity contribution is 5.41. The van der Waals surface area contributed by atoms with Gasteiger partial charge in [0.15, 0.2) is 11.5 Å². The second-order valence-corrected chi connectivity index (χ2v) is 5.17. The Morgan fingerprint density at radius 3 is 2.78 bits per heavy atom. The fourth-order valence-corrected chi connectivity index (χ4v) is 2.26. The first-order valence-electron chi connectivity index (χ1n) is 6.82. The summed E-state index contributed by atoms with van der Waals surface area (Å²) in [5.74, 6) is 1.70. The van der Waals surface area contributed by atoms with Crippen molar-refractivity contribution in [3.8, 4) is 11.5 Å². The van der Waals surface area contributed by atoms with E-state index in [2.05, 4.69) is 12.2 Å². The second-order valence-electron chi connectivity index (χ2n) is 5.17. The zero-order valence-corrected chi connectivity index (χ0v) is 11.3. The predicted molar refractivity (Wildman–Crippen MR) is 72.9 cm³/mol. The molecule has 1 saturated carbocycles. The van der Waals surface area contributed by atoms with Crippen molar-refractivity contribution in [2.75, 3.05) is 7.11 Å².